The summed E-state index contributed by atoms with van der Waals surface area (Å²) >= 11 is 0. The van der Waals surface area contributed by atoms with Crippen LogP contribution in [0.2, 0.25) is 0 Å². The lowest BCUT2D eigenvalue weighted by Gasteiger charge is -2.28. The molecule has 0 spiro atoms. The van der Waals surface area contributed by atoms with Gasteiger partial charge in [0.2, 0.25) is 0 Å². The minimum Gasteiger partial charge on any atom is -0.481 e. The molecule has 1 N–H and O–H groups in total. The summed E-state index contributed by atoms with van der Waals surface area (Å²) in [4.78, 5) is 21.5. The van der Waals surface area contributed by atoms with Crippen molar-refractivity contribution in [3.63, 3.8) is 0 Å². The number of hydrogen-bond donors (Lipinski definition) is 1. The molecule has 8 nitrogen and oxygen atoms in total. The summed E-state index contributed by atoms with van der Waals surface area (Å²) in [6.45, 7) is 2.48. The van der Waals surface area contributed by atoms with Gasteiger partial charge < -0.3 is 14.7 Å². The fraction of sp³-hybridized carbons (Fsp3) is 0.500. The largest absolute Gasteiger partial charge is 0.481 e. The van der Waals surface area contributed by atoms with Crippen molar-refractivity contribution in [2.45, 2.75) is 13.0 Å². The lowest BCUT2D eigenvalue weighted by molar-refractivity contribution is -0.141. The molecule has 0 saturated carbocycles. The number of fused-ring (bicyclic) bond motifs is 1. The summed E-state index contributed by atoms with van der Waals surface area (Å²) in [6, 6.07) is 1.63. The van der Waals surface area contributed by atoms with Gasteiger partial charge in [0.1, 0.15) is 18.1 Å². The van der Waals surface area contributed by atoms with Gasteiger partial charge in [-0.15, -0.1) is 0 Å². The first-order valence-electron chi connectivity index (χ1n) is 6.28. The number of aromatic nitrogens is 4. The number of rotatable bonds is 3. The van der Waals surface area contributed by atoms with E-state index in [-0.39, 0.29) is 12.6 Å². The van der Waals surface area contributed by atoms with Crippen LogP contribution in [0.15, 0.2) is 12.4 Å². The molecule has 2 aromatic rings. The predicted molar refractivity (Wildman–Crippen MR) is 69.7 cm³/mol. The fourth-order valence-corrected chi connectivity index (χ4v) is 2.49. The maximum absolute atomic E-state index is 11.3. The molecule has 0 amide bonds. The Labute approximate surface area is 115 Å². The number of aliphatic carboxylic acids is 1. The van der Waals surface area contributed by atoms with Crippen LogP contribution in [0.4, 0.5) is 5.82 Å². The molecule has 3 heterocycles. The second-order valence-electron chi connectivity index (χ2n) is 4.89. The highest BCUT2D eigenvalue weighted by atomic mass is 16.5. The van der Waals surface area contributed by atoms with E-state index in [4.69, 9.17) is 4.74 Å². The van der Waals surface area contributed by atoms with Crippen molar-refractivity contribution in [3.8, 4) is 0 Å². The number of carbonyl (C=O) groups is 1. The van der Waals surface area contributed by atoms with E-state index in [1.165, 1.54) is 6.33 Å². The van der Waals surface area contributed by atoms with Gasteiger partial charge in [-0.3, -0.25) is 4.79 Å². The van der Waals surface area contributed by atoms with E-state index < -0.39 is 11.9 Å². The minimum atomic E-state index is -0.847. The highest BCUT2D eigenvalue weighted by Crippen LogP contribution is 2.24. The van der Waals surface area contributed by atoms with Crippen LogP contribution in [-0.2, 0) is 9.53 Å². The Bertz CT molecular complexity index is 656. The van der Waals surface area contributed by atoms with Crippen LogP contribution in [0.3, 0.4) is 0 Å². The average molecular weight is 277 g/mol. The molecule has 0 bridgehead atoms. The molecular formula is C12H15N5O3. The highest BCUT2D eigenvalue weighted by Gasteiger charge is 2.37. The molecule has 1 saturated heterocycles. The standard InChI is InChI=1S/C12H15N5O3/c1-7-3-10(17-12(15-7)13-6-14-17)16(2)9-5-20-4-8(9)11(18)19/h3,6,8-9H,4-5H2,1-2H3,(H,18,19). The van der Waals surface area contributed by atoms with E-state index in [0.29, 0.717) is 12.4 Å². The first kappa shape index (κ1) is 12.8. The molecule has 2 atom stereocenters. The zero-order valence-electron chi connectivity index (χ0n) is 11.2. The minimum absolute atomic E-state index is 0.231. The van der Waals surface area contributed by atoms with Crippen molar-refractivity contribution < 1.29 is 14.6 Å². The number of hydrogen-bond acceptors (Lipinski definition) is 6. The van der Waals surface area contributed by atoms with Gasteiger partial charge in [0, 0.05) is 18.8 Å². The Morgan fingerprint density at radius 3 is 3.10 bits per heavy atom. The molecule has 0 aliphatic carbocycles. The molecule has 1 aliphatic heterocycles. The van der Waals surface area contributed by atoms with E-state index >= 15 is 0 Å². The molecule has 8 heteroatoms. The second-order valence-corrected chi connectivity index (χ2v) is 4.89. The van der Waals surface area contributed by atoms with E-state index in [0.717, 1.165) is 11.5 Å². The zero-order valence-corrected chi connectivity index (χ0v) is 11.2. The van der Waals surface area contributed by atoms with Crippen LogP contribution >= 0.6 is 0 Å². The monoisotopic (exact) mass is 277 g/mol. The molecule has 1 fully saturated rings. The number of aryl methyl sites for hydroxylation is 1. The Morgan fingerprint density at radius 2 is 2.35 bits per heavy atom. The summed E-state index contributed by atoms with van der Waals surface area (Å²) in [5.41, 5.74) is 0.804. The van der Waals surface area contributed by atoms with Gasteiger partial charge in [-0.25, -0.2) is 4.98 Å². The van der Waals surface area contributed by atoms with Crippen LogP contribution < -0.4 is 4.90 Å². The second kappa shape index (κ2) is 4.71. The van der Waals surface area contributed by atoms with Crippen molar-refractivity contribution in [3.05, 3.63) is 18.1 Å². The van der Waals surface area contributed by atoms with E-state index in [1.54, 1.807) is 4.52 Å². The number of anilines is 1. The molecule has 2 unspecified atom stereocenters. The van der Waals surface area contributed by atoms with E-state index in [1.807, 2.05) is 24.9 Å². The van der Waals surface area contributed by atoms with Crippen LogP contribution in [-0.4, -0.2) is 57.0 Å². The van der Waals surface area contributed by atoms with Crippen molar-refractivity contribution in [2.75, 3.05) is 25.2 Å². The third-order valence-electron chi connectivity index (χ3n) is 3.59. The normalized spacial score (nSPS) is 22.3. The van der Waals surface area contributed by atoms with Gasteiger partial charge in [0.15, 0.2) is 0 Å². The zero-order chi connectivity index (χ0) is 14.3. The Balaban J connectivity index is 2.01. The Hall–Kier alpha value is -2.22. The maximum atomic E-state index is 11.3. The molecule has 3 rings (SSSR count). The first-order chi connectivity index (χ1) is 9.58. The number of carboxylic acids is 1. The summed E-state index contributed by atoms with van der Waals surface area (Å²) in [5, 5.41) is 13.4. The van der Waals surface area contributed by atoms with Crippen LogP contribution in [0.5, 0.6) is 0 Å². The van der Waals surface area contributed by atoms with E-state index in [9.17, 15) is 9.90 Å². The average Bonchev–Trinajstić information content (AvgIpc) is 3.04. The summed E-state index contributed by atoms with van der Waals surface area (Å²) in [7, 11) is 1.84. The first-order valence-corrected chi connectivity index (χ1v) is 6.28. The Kier molecular flexibility index (Phi) is 3.01. The topological polar surface area (TPSA) is 92.8 Å². The third kappa shape index (κ3) is 1.97. The molecule has 2 aromatic heterocycles. The molecule has 20 heavy (non-hydrogen) atoms. The van der Waals surface area contributed by atoms with Crippen LogP contribution in [0, 0.1) is 12.8 Å². The lowest BCUT2D eigenvalue weighted by atomic mass is 10.0. The SMILES string of the molecule is Cc1cc(N(C)C2COCC2C(=O)O)n2ncnc2n1. The Morgan fingerprint density at radius 1 is 1.55 bits per heavy atom. The van der Waals surface area contributed by atoms with Gasteiger partial charge in [-0.2, -0.15) is 14.6 Å². The number of ether oxygens (including phenoxy) is 1. The number of carboxylic acid groups (broad SMARTS) is 1. The summed E-state index contributed by atoms with van der Waals surface area (Å²) in [6.07, 6.45) is 1.43. The molecular weight excluding hydrogens is 262 g/mol. The van der Waals surface area contributed by atoms with E-state index in [2.05, 4.69) is 15.1 Å². The lowest BCUT2D eigenvalue weighted by Crippen LogP contribution is -2.41. The van der Waals surface area contributed by atoms with Crippen molar-refractivity contribution in [1.82, 2.24) is 19.6 Å². The van der Waals surface area contributed by atoms with Crippen molar-refractivity contribution in [1.29, 1.82) is 0 Å². The van der Waals surface area contributed by atoms with Crippen LogP contribution in [0.1, 0.15) is 5.69 Å². The number of nitrogens with zero attached hydrogens (tertiary/aromatic N) is 5. The number of likely N-dealkylation sites (N-methyl/N-ethyl adjacent to an activating group) is 1. The molecule has 1 aliphatic rings. The van der Waals surface area contributed by atoms with Gasteiger partial charge in [0.25, 0.3) is 5.78 Å². The molecule has 0 radical (unpaired) electrons. The fourth-order valence-electron chi connectivity index (χ4n) is 2.49. The van der Waals surface area contributed by atoms with Gasteiger partial charge in [0.05, 0.1) is 19.3 Å². The van der Waals surface area contributed by atoms with Gasteiger partial charge in [-0.1, -0.05) is 0 Å². The van der Waals surface area contributed by atoms with Crippen molar-refractivity contribution in [2.24, 2.45) is 5.92 Å². The van der Waals surface area contributed by atoms with Crippen LogP contribution in [0.25, 0.3) is 5.78 Å². The molecule has 0 aromatic carbocycles. The maximum Gasteiger partial charge on any atom is 0.311 e. The van der Waals surface area contributed by atoms with Crippen molar-refractivity contribution >= 4 is 17.6 Å². The highest BCUT2D eigenvalue weighted by molar-refractivity contribution is 5.72. The third-order valence-corrected chi connectivity index (χ3v) is 3.59. The summed E-state index contributed by atoms with van der Waals surface area (Å²) < 4.78 is 6.92. The quantitative estimate of drug-likeness (QED) is 0.842. The van der Waals surface area contributed by atoms with Gasteiger partial charge in [-0.05, 0) is 6.92 Å². The summed E-state index contributed by atoms with van der Waals surface area (Å²) in [5.74, 6) is -0.142. The molecule has 106 valence electrons. The smallest absolute Gasteiger partial charge is 0.311 e. The van der Waals surface area contributed by atoms with Gasteiger partial charge >= 0.3 is 5.97 Å². The predicted octanol–water partition coefficient (Wildman–Crippen LogP) is -0.0315.